The molecule has 2 N–H and O–H groups in total. The Morgan fingerprint density at radius 3 is 3.00 bits per heavy atom. The third-order valence-corrected chi connectivity index (χ3v) is 2.64. The number of thioether (sulfide) groups is 1. The molecule has 1 aromatic heterocycles. The number of rotatable bonds is 5. The minimum Gasteiger partial charge on any atom is -0.468 e. The molecule has 0 aliphatic rings. The van der Waals surface area contributed by atoms with Gasteiger partial charge in [0.25, 0.3) is 0 Å². The maximum absolute atomic E-state index is 11.0. The third-order valence-electron chi connectivity index (χ3n) is 1.58. The second kappa shape index (κ2) is 5.66. The van der Waals surface area contributed by atoms with Crippen molar-refractivity contribution in [3.05, 3.63) is 5.82 Å². The van der Waals surface area contributed by atoms with E-state index in [4.69, 9.17) is 5.73 Å². The van der Waals surface area contributed by atoms with Crippen LogP contribution < -0.4 is 5.73 Å². The Morgan fingerprint density at radius 2 is 2.47 bits per heavy atom. The van der Waals surface area contributed by atoms with E-state index >= 15 is 0 Å². The van der Waals surface area contributed by atoms with Gasteiger partial charge in [0.1, 0.15) is 6.04 Å². The summed E-state index contributed by atoms with van der Waals surface area (Å²) in [5.41, 5.74) is 5.54. The van der Waals surface area contributed by atoms with Crippen LogP contribution in [0, 0.1) is 0 Å². The highest BCUT2D eigenvalue weighted by atomic mass is 32.2. The van der Waals surface area contributed by atoms with Crippen LogP contribution >= 0.6 is 11.8 Å². The number of carbonyl (C=O) groups excluding carboxylic acids is 1. The monoisotopic (exact) mass is 231 g/mol. The fraction of sp³-hybridized carbons (Fsp3) is 0.714. The van der Waals surface area contributed by atoms with Gasteiger partial charge >= 0.3 is 5.97 Å². The van der Waals surface area contributed by atoms with Crippen LogP contribution in [0.5, 0.6) is 0 Å². The molecular weight excluding hydrogens is 218 g/mol. The largest absolute Gasteiger partial charge is 0.468 e. The van der Waals surface area contributed by atoms with Crippen LogP contribution in [0.1, 0.15) is 5.82 Å². The number of nitrogens with zero attached hydrogens (tertiary/aromatic N) is 4. The first kappa shape index (κ1) is 11.9. The maximum atomic E-state index is 11.0. The average Bonchev–Trinajstić information content (AvgIpc) is 2.63. The molecule has 0 amide bonds. The smallest absolute Gasteiger partial charge is 0.323 e. The first-order chi connectivity index (χ1) is 7.13. The van der Waals surface area contributed by atoms with Gasteiger partial charge in [-0.05, 0) is 5.21 Å². The summed E-state index contributed by atoms with van der Waals surface area (Å²) in [4.78, 5) is 12.3. The SMILES string of the molecule is COC(=O)C(N)CSCc1nnn(C)n1. The van der Waals surface area contributed by atoms with Crippen molar-refractivity contribution in [2.45, 2.75) is 11.8 Å². The zero-order valence-corrected chi connectivity index (χ0v) is 9.40. The third kappa shape index (κ3) is 3.84. The van der Waals surface area contributed by atoms with Crippen LogP contribution in [-0.2, 0) is 22.3 Å². The second-order valence-corrected chi connectivity index (χ2v) is 3.87. The van der Waals surface area contributed by atoms with E-state index in [1.165, 1.54) is 23.7 Å². The van der Waals surface area contributed by atoms with E-state index in [1.807, 2.05) is 0 Å². The number of hydrogen-bond acceptors (Lipinski definition) is 7. The predicted molar refractivity (Wildman–Crippen MR) is 55.0 cm³/mol. The van der Waals surface area contributed by atoms with Gasteiger partial charge in [-0.2, -0.15) is 16.6 Å². The molecule has 0 bridgehead atoms. The van der Waals surface area contributed by atoms with Gasteiger partial charge in [-0.3, -0.25) is 4.79 Å². The zero-order chi connectivity index (χ0) is 11.3. The number of hydrogen-bond donors (Lipinski definition) is 1. The van der Waals surface area contributed by atoms with E-state index in [1.54, 1.807) is 7.05 Å². The highest BCUT2D eigenvalue weighted by Gasteiger charge is 2.13. The van der Waals surface area contributed by atoms with Crippen molar-refractivity contribution in [3.63, 3.8) is 0 Å². The Bertz CT molecular complexity index is 329. The summed E-state index contributed by atoms with van der Waals surface area (Å²) in [6, 6.07) is -0.600. The molecule has 0 aliphatic heterocycles. The van der Waals surface area contributed by atoms with E-state index in [0.717, 1.165) is 0 Å². The normalized spacial score (nSPS) is 12.5. The average molecular weight is 231 g/mol. The quantitative estimate of drug-likeness (QED) is 0.645. The number of aromatic nitrogens is 4. The number of tetrazole rings is 1. The molecule has 0 aliphatic carbocycles. The Hall–Kier alpha value is -1.15. The van der Waals surface area contributed by atoms with Gasteiger partial charge < -0.3 is 10.5 Å². The molecule has 1 aromatic rings. The molecule has 1 atom stereocenters. The standard InChI is InChI=1S/C7H13N5O2S/c1-12-10-6(9-11-12)4-15-3-5(8)7(13)14-2/h5H,3-4,8H2,1-2H3. The van der Waals surface area contributed by atoms with Crippen molar-refractivity contribution < 1.29 is 9.53 Å². The molecule has 0 saturated carbocycles. The fourth-order valence-electron chi connectivity index (χ4n) is 0.878. The van der Waals surface area contributed by atoms with Gasteiger partial charge in [-0.1, -0.05) is 0 Å². The number of nitrogens with two attached hydrogens (primary N) is 1. The Morgan fingerprint density at radius 1 is 1.73 bits per heavy atom. The molecule has 1 rings (SSSR count). The lowest BCUT2D eigenvalue weighted by Crippen LogP contribution is -2.33. The summed E-state index contributed by atoms with van der Waals surface area (Å²) in [7, 11) is 3.01. The summed E-state index contributed by atoms with van der Waals surface area (Å²) >= 11 is 1.47. The molecule has 0 saturated heterocycles. The summed E-state index contributed by atoms with van der Waals surface area (Å²) in [6.45, 7) is 0. The van der Waals surface area contributed by atoms with Gasteiger partial charge in [0.05, 0.1) is 19.9 Å². The number of carbonyl (C=O) groups is 1. The number of methoxy groups -OCH3 is 1. The highest BCUT2D eigenvalue weighted by molar-refractivity contribution is 7.98. The molecule has 0 fully saturated rings. The molecule has 1 heterocycles. The minimum absolute atomic E-state index is 0.408. The number of esters is 1. The predicted octanol–water partition coefficient (Wildman–Crippen LogP) is -1.06. The lowest BCUT2D eigenvalue weighted by Gasteiger charge is -2.06. The molecular formula is C7H13N5O2S. The van der Waals surface area contributed by atoms with Gasteiger partial charge in [-0.15, -0.1) is 10.2 Å². The highest BCUT2D eigenvalue weighted by Crippen LogP contribution is 2.08. The maximum Gasteiger partial charge on any atom is 0.323 e. The first-order valence-corrected chi connectivity index (χ1v) is 5.43. The topological polar surface area (TPSA) is 95.9 Å². The van der Waals surface area contributed by atoms with Crippen LogP contribution in [0.4, 0.5) is 0 Å². The van der Waals surface area contributed by atoms with Crippen molar-refractivity contribution in [1.29, 1.82) is 0 Å². The Labute approximate surface area is 91.3 Å². The molecule has 7 nitrogen and oxygen atoms in total. The van der Waals surface area contributed by atoms with Gasteiger partial charge in [-0.25, -0.2) is 0 Å². The summed E-state index contributed by atoms with van der Waals surface area (Å²) in [5, 5.41) is 11.5. The van der Waals surface area contributed by atoms with E-state index in [9.17, 15) is 4.79 Å². The molecule has 8 heteroatoms. The van der Waals surface area contributed by atoms with E-state index in [2.05, 4.69) is 20.1 Å². The van der Waals surface area contributed by atoms with Crippen LogP contribution in [0.2, 0.25) is 0 Å². The van der Waals surface area contributed by atoms with E-state index in [-0.39, 0.29) is 0 Å². The molecule has 0 radical (unpaired) electrons. The molecule has 0 spiro atoms. The molecule has 15 heavy (non-hydrogen) atoms. The number of aryl methyl sites for hydroxylation is 1. The van der Waals surface area contributed by atoms with Crippen molar-refractivity contribution in [2.24, 2.45) is 12.8 Å². The van der Waals surface area contributed by atoms with Crippen LogP contribution in [0.3, 0.4) is 0 Å². The second-order valence-electron chi connectivity index (χ2n) is 2.84. The van der Waals surface area contributed by atoms with Crippen molar-refractivity contribution in [3.8, 4) is 0 Å². The molecule has 0 aromatic carbocycles. The minimum atomic E-state index is -0.600. The fourth-order valence-corrected chi connectivity index (χ4v) is 1.68. The summed E-state index contributed by atoms with van der Waals surface area (Å²) in [6.07, 6.45) is 0. The van der Waals surface area contributed by atoms with Gasteiger partial charge in [0.2, 0.25) is 0 Å². The zero-order valence-electron chi connectivity index (χ0n) is 8.58. The number of ether oxygens (including phenoxy) is 1. The first-order valence-electron chi connectivity index (χ1n) is 4.27. The van der Waals surface area contributed by atoms with Crippen LogP contribution in [-0.4, -0.2) is 45.1 Å². The van der Waals surface area contributed by atoms with Gasteiger partial charge in [0.15, 0.2) is 5.82 Å². The van der Waals surface area contributed by atoms with Crippen molar-refractivity contribution in [1.82, 2.24) is 20.2 Å². The molecule has 1 unspecified atom stereocenters. The van der Waals surface area contributed by atoms with Crippen molar-refractivity contribution >= 4 is 17.7 Å². The van der Waals surface area contributed by atoms with E-state index < -0.39 is 12.0 Å². The summed E-state index contributed by atoms with van der Waals surface area (Å²) in [5.74, 6) is 1.28. The van der Waals surface area contributed by atoms with Crippen LogP contribution in [0.25, 0.3) is 0 Å². The Kier molecular flexibility index (Phi) is 4.50. The van der Waals surface area contributed by atoms with E-state index in [0.29, 0.717) is 17.3 Å². The lowest BCUT2D eigenvalue weighted by atomic mass is 10.4. The van der Waals surface area contributed by atoms with Gasteiger partial charge in [0, 0.05) is 5.75 Å². The Balaban J connectivity index is 2.24. The molecule has 84 valence electrons. The van der Waals surface area contributed by atoms with Crippen molar-refractivity contribution in [2.75, 3.05) is 12.9 Å². The lowest BCUT2D eigenvalue weighted by molar-refractivity contribution is -0.141. The van der Waals surface area contributed by atoms with Crippen LogP contribution in [0.15, 0.2) is 0 Å². The summed E-state index contributed by atoms with van der Waals surface area (Å²) < 4.78 is 4.49.